The molecule has 3 nitrogen and oxygen atoms in total. The summed E-state index contributed by atoms with van der Waals surface area (Å²) in [7, 11) is 3.53. The Kier molecular flexibility index (Phi) is 3.69. The molecule has 0 spiro atoms. The molecule has 1 aliphatic rings. The molecule has 0 amide bonds. The number of carbonyl (C=O) groups is 1. The molecule has 0 aromatic heterocycles. The second-order valence-electron chi connectivity index (χ2n) is 4.15. The van der Waals surface area contributed by atoms with Crippen molar-refractivity contribution in [2.45, 2.75) is 26.3 Å². The van der Waals surface area contributed by atoms with Crippen molar-refractivity contribution >= 4 is 5.97 Å². The van der Waals surface area contributed by atoms with E-state index in [1.807, 2.05) is 6.08 Å². The SMILES string of the molecule is COC(=O)C1=CC(C(C)C)N(C)CC1. The van der Waals surface area contributed by atoms with Gasteiger partial charge in [0, 0.05) is 18.2 Å². The second-order valence-corrected chi connectivity index (χ2v) is 4.15. The first-order valence-corrected chi connectivity index (χ1v) is 5.05. The molecule has 1 rings (SSSR count). The van der Waals surface area contributed by atoms with Gasteiger partial charge in [0.1, 0.15) is 0 Å². The van der Waals surface area contributed by atoms with Crippen molar-refractivity contribution < 1.29 is 9.53 Å². The largest absolute Gasteiger partial charge is 0.466 e. The molecule has 1 unspecified atom stereocenters. The predicted octanol–water partition coefficient (Wildman–Crippen LogP) is 1.45. The highest BCUT2D eigenvalue weighted by Gasteiger charge is 2.24. The highest BCUT2D eigenvalue weighted by atomic mass is 16.5. The lowest BCUT2D eigenvalue weighted by Crippen LogP contribution is -2.39. The normalized spacial score (nSPS) is 23.5. The fourth-order valence-electron chi connectivity index (χ4n) is 1.87. The quantitative estimate of drug-likeness (QED) is 0.627. The number of likely N-dealkylation sites (N-methyl/N-ethyl adjacent to an activating group) is 1. The van der Waals surface area contributed by atoms with Crippen LogP contribution in [0.15, 0.2) is 11.6 Å². The van der Waals surface area contributed by atoms with Gasteiger partial charge in [-0.15, -0.1) is 0 Å². The van der Waals surface area contributed by atoms with E-state index < -0.39 is 0 Å². The van der Waals surface area contributed by atoms with Gasteiger partial charge in [-0.05, 0) is 19.4 Å². The highest BCUT2D eigenvalue weighted by molar-refractivity contribution is 5.88. The lowest BCUT2D eigenvalue weighted by Gasteiger charge is -2.33. The van der Waals surface area contributed by atoms with Gasteiger partial charge in [-0.3, -0.25) is 4.90 Å². The molecule has 1 aliphatic heterocycles. The number of ether oxygens (including phenoxy) is 1. The van der Waals surface area contributed by atoms with Gasteiger partial charge in [-0.1, -0.05) is 19.9 Å². The molecular weight excluding hydrogens is 178 g/mol. The van der Waals surface area contributed by atoms with Crippen LogP contribution in [0.25, 0.3) is 0 Å². The Morgan fingerprint density at radius 2 is 2.29 bits per heavy atom. The number of nitrogens with zero attached hydrogens (tertiary/aromatic N) is 1. The number of hydrogen-bond acceptors (Lipinski definition) is 3. The van der Waals surface area contributed by atoms with E-state index in [4.69, 9.17) is 4.74 Å². The van der Waals surface area contributed by atoms with Gasteiger partial charge < -0.3 is 4.74 Å². The van der Waals surface area contributed by atoms with E-state index in [2.05, 4.69) is 25.8 Å². The average Bonchev–Trinajstić information content (AvgIpc) is 2.17. The molecule has 0 radical (unpaired) electrons. The first-order chi connectivity index (χ1) is 6.56. The molecule has 0 aromatic carbocycles. The number of carbonyl (C=O) groups excluding carboxylic acids is 1. The van der Waals surface area contributed by atoms with E-state index in [1.165, 1.54) is 7.11 Å². The molecule has 0 aliphatic carbocycles. The van der Waals surface area contributed by atoms with E-state index in [-0.39, 0.29) is 5.97 Å². The minimum atomic E-state index is -0.177. The summed E-state index contributed by atoms with van der Waals surface area (Å²) < 4.78 is 4.73. The first kappa shape index (κ1) is 11.2. The molecular formula is C11H19NO2. The van der Waals surface area contributed by atoms with Gasteiger partial charge >= 0.3 is 5.97 Å². The maximum atomic E-state index is 11.3. The van der Waals surface area contributed by atoms with E-state index in [9.17, 15) is 4.79 Å². The Bertz CT molecular complexity index is 246. The Labute approximate surface area is 85.7 Å². The predicted molar refractivity (Wildman–Crippen MR) is 56.0 cm³/mol. The lowest BCUT2D eigenvalue weighted by atomic mass is 9.95. The summed E-state index contributed by atoms with van der Waals surface area (Å²) in [6.45, 7) is 5.26. The minimum absolute atomic E-state index is 0.177. The van der Waals surface area contributed by atoms with Crippen molar-refractivity contribution in [1.29, 1.82) is 0 Å². The van der Waals surface area contributed by atoms with Crippen molar-refractivity contribution in [3.8, 4) is 0 Å². The zero-order chi connectivity index (χ0) is 10.7. The van der Waals surface area contributed by atoms with Crippen LogP contribution in [-0.4, -0.2) is 37.6 Å². The van der Waals surface area contributed by atoms with E-state index in [0.29, 0.717) is 12.0 Å². The molecule has 1 heterocycles. The third-order valence-electron chi connectivity index (χ3n) is 2.75. The number of esters is 1. The topological polar surface area (TPSA) is 29.5 Å². The lowest BCUT2D eigenvalue weighted by molar-refractivity contribution is -0.136. The van der Waals surface area contributed by atoms with E-state index in [1.54, 1.807) is 0 Å². The molecule has 0 aromatic rings. The summed E-state index contributed by atoms with van der Waals surface area (Å²) in [4.78, 5) is 13.6. The standard InChI is InChI=1S/C11H19NO2/c1-8(2)10-7-9(11(13)14-4)5-6-12(10)3/h7-8,10H,5-6H2,1-4H3. The van der Waals surface area contributed by atoms with Crippen LogP contribution in [0.1, 0.15) is 20.3 Å². The van der Waals surface area contributed by atoms with Crippen molar-refractivity contribution in [2.75, 3.05) is 20.7 Å². The summed E-state index contributed by atoms with van der Waals surface area (Å²) in [6, 6.07) is 0.359. The summed E-state index contributed by atoms with van der Waals surface area (Å²) >= 11 is 0. The molecule has 14 heavy (non-hydrogen) atoms. The number of rotatable bonds is 2. The monoisotopic (exact) mass is 197 g/mol. The highest BCUT2D eigenvalue weighted by Crippen LogP contribution is 2.20. The smallest absolute Gasteiger partial charge is 0.333 e. The zero-order valence-electron chi connectivity index (χ0n) is 9.41. The van der Waals surface area contributed by atoms with Gasteiger partial charge in [0.2, 0.25) is 0 Å². The van der Waals surface area contributed by atoms with Crippen LogP contribution >= 0.6 is 0 Å². The van der Waals surface area contributed by atoms with Gasteiger partial charge in [0.05, 0.1) is 7.11 Å². The summed E-state index contributed by atoms with van der Waals surface area (Å²) in [6.07, 6.45) is 2.84. The van der Waals surface area contributed by atoms with Gasteiger partial charge in [0.15, 0.2) is 0 Å². The van der Waals surface area contributed by atoms with Gasteiger partial charge in [-0.2, -0.15) is 0 Å². The van der Waals surface area contributed by atoms with Crippen molar-refractivity contribution in [1.82, 2.24) is 4.90 Å². The molecule has 0 fully saturated rings. The maximum absolute atomic E-state index is 11.3. The van der Waals surface area contributed by atoms with Crippen LogP contribution in [0.4, 0.5) is 0 Å². The molecule has 3 heteroatoms. The Morgan fingerprint density at radius 1 is 1.64 bits per heavy atom. The fourth-order valence-corrected chi connectivity index (χ4v) is 1.87. The third-order valence-corrected chi connectivity index (χ3v) is 2.75. The third kappa shape index (κ3) is 2.35. The van der Waals surface area contributed by atoms with E-state index in [0.717, 1.165) is 18.5 Å². The van der Waals surface area contributed by atoms with Crippen molar-refractivity contribution in [3.05, 3.63) is 11.6 Å². The Hall–Kier alpha value is -0.830. The van der Waals surface area contributed by atoms with Crippen molar-refractivity contribution in [3.63, 3.8) is 0 Å². The van der Waals surface area contributed by atoms with Crippen LogP contribution in [0.2, 0.25) is 0 Å². The molecule has 0 saturated carbocycles. The average molecular weight is 197 g/mol. The van der Waals surface area contributed by atoms with Crippen LogP contribution in [0.3, 0.4) is 0 Å². The van der Waals surface area contributed by atoms with Crippen LogP contribution in [0.5, 0.6) is 0 Å². The van der Waals surface area contributed by atoms with Crippen LogP contribution in [0, 0.1) is 5.92 Å². The summed E-state index contributed by atoms with van der Waals surface area (Å²) in [5.74, 6) is 0.351. The number of methoxy groups -OCH3 is 1. The van der Waals surface area contributed by atoms with Crippen LogP contribution in [-0.2, 0) is 9.53 Å². The zero-order valence-corrected chi connectivity index (χ0v) is 9.41. The Morgan fingerprint density at radius 3 is 2.79 bits per heavy atom. The maximum Gasteiger partial charge on any atom is 0.333 e. The fraction of sp³-hybridized carbons (Fsp3) is 0.727. The second kappa shape index (κ2) is 4.60. The molecule has 80 valence electrons. The Balaban J connectivity index is 2.79. The molecule has 1 atom stereocenters. The summed E-state index contributed by atoms with van der Waals surface area (Å²) in [5, 5.41) is 0. The van der Waals surface area contributed by atoms with Crippen molar-refractivity contribution in [2.24, 2.45) is 5.92 Å². The van der Waals surface area contributed by atoms with Gasteiger partial charge in [-0.25, -0.2) is 4.79 Å². The first-order valence-electron chi connectivity index (χ1n) is 5.05. The van der Waals surface area contributed by atoms with E-state index >= 15 is 0 Å². The molecule has 0 bridgehead atoms. The van der Waals surface area contributed by atoms with Crippen LogP contribution < -0.4 is 0 Å². The van der Waals surface area contributed by atoms with Gasteiger partial charge in [0.25, 0.3) is 0 Å². The summed E-state index contributed by atoms with van der Waals surface area (Å²) in [5.41, 5.74) is 0.823. The minimum Gasteiger partial charge on any atom is -0.466 e. The molecule has 0 saturated heterocycles. The molecule has 0 N–H and O–H groups in total. The number of hydrogen-bond donors (Lipinski definition) is 0.